The van der Waals surface area contributed by atoms with Crippen LogP contribution in [-0.2, 0) is 4.79 Å². The molecular weight excluding hydrogens is 330 g/mol. The van der Waals surface area contributed by atoms with Crippen molar-refractivity contribution in [2.24, 2.45) is 4.99 Å². The van der Waals surface area contributed by atoms with Crippen LogP contribution in [0.3, 0.4) is 0 Å². The number of carbonyl (C=O) groups is 1. The van der Waals surface area contributed by atoms with E-state index in [0.717, 1.165) is 11.8 Å². The molecule has 2 aromatic carbocycles. The lowest BCUT2D eigenvalue weighted by atomic mass is 10.1. The number of aromatic hydroxyl groups is 1. The number of aliphatic imine (C=N–C) groups is 1. The summed E-state index contributed by atoms with van der Waals surface area (Å²) >= 11 is 1.10. The number of nitro benzene ring substituents is 1. The molecule has 0 atom stereocenters. The van der Waals surface area contributed by atoms with Crippen LogP contribution in [0, 0.1) is 10.1 Å². The minimum atomic E-state index is -0.564. The van der Waals surface area contributed by atoms with Gasteiger partial charge in [-0.05, 0) is 36.0 Å². The number of nitro groups is 1. The van der Waals surface area contributed by atoms with Crippen LogP contribution < -0.4 is 5.32 Å². The maximum absolute atomic E-state index is 12.0. The summed E-state index contributed by atoms with van der Waals surface area (Å²) in [5.74, 6) is -0.518. The second-order valence-corrected chi connectivity index (χ2v) is 5.85. The van der Waals surface area contributed by atoms with Gasteiger partial charge >= 0.3 is 0 Å². The van der Waals surface area contributed by atoms with Gasteiger partial charge in [-0.2, -0.15) is 0 Å². The van der Waals surface area contributed by atoms with E-state index in [4.69, 9.17) is 0 Å². The van der Waals surface area contributed by atoms with E-state index in [1.54, 1.807) is 12.1 Å². The number of para-hydroxylation sites is 1. The largest absolute Gasteiger partial charge is 0.507 e. The number of thioether (sulfide) groups is 1. The van der Waals surface area contributed by atoms with E-state index in [0.29, 0.717) is 15.8 Å². The first-order valence-corrected chi connectivity index (χ1v) is 7.66. The average molecular weight is 341 g/mol. The van der Waals surface area contributed by atoms with Gasteiger partial charge in [-0.3, -0.25) is 14.9 Å². The maximum Gasteiger partial charge on any atom is 0.270 e. The van der Waals surface area contributed by atoms with E-state index < -0.39 is 4.92 Å². The number of nitrogens with one attached hydrogen (secondary N) is 1. The van der Waals surface area contributed by atoms with Gasteiger partial charge in [0.25, 0.3) is 11.6 Å². The van der Waals surface area contributed by atoms with E-state index in [9.17, 15) is 20.0 Å². The van der Waals surface area contributed by atoms with Crippen LogP contribution in [0.1, 0.15) is 5.56 Å². The SMILES string of the molecule is O=C1NC(=Nc2ccccc2)SC1=Cc1cc([N+](=O)[O-])ccc1O. The van der Waals surface area contributed by atoms with E-state index in [2.05, 4.69) is 10.3 Å². The predicted octanol–water partition coefficient (Wildman–Crippen LogP) is 3.19. The number of hydrogen-bond donors (Lipinski definition) is 2. The number of non-ortho nitro benzene ring substituents is 1. The molecule has 1 amide bonds. The fraction of sp³-hybridized carbons (Fsp3) is 0. The number of amides is 1. The van der Waals surface area contributed by atoms with Crippen LogP contribution in [0.4, 0.5) is 11.4 Å². The molecule has 0 spiro atoms. The summed E-state index contributed by atoms with van der Waals surface area (Å²) in [5, 5.41) is 23.7. The second-order valence-electron chi connectivity index (χ2n) is 4.82. The van der Waals surface area contributed by atoms with Gasteiger partial charge in [-0.1, -0.05) is 18.2 Å². The Morgan fingerprint density at radius 3 is 2.67 bits per heavy atom. The molecule has 2 N–H and O–H groups in total. The van der Waals surface area contributed by atoms with Crippen LogP contribution in [0.2, 0.25) is 0 Å². The molecule has 120 valence electrons. The Morgan fingerprint density at radius 2 is 1.96 bits per heavy atom. The molecule has 2 aromatic rings. The molecule has 24 heavy (non-hydrogen) atoms. The van der Waals surface area contributed by atoms with Crippen molar-refractivity contribution in [1.82, 2.24) is 5.32 Å². The molecule has 0 unspecified atom stereocenters. The van der Waals surface area contributed by atoms with Crippen molar-refractivity contribution in [3.8, 4) is 5.75 Å². The van der Waals surface area contributed by atoms with Gasteiger partial charge < -0.3 is 10.4 Å². The van der Waals surface area contributed by atoms with Crippen molar-refractivity contribution >= 4 is 40.3 Å². The Hall–Kier alpha value is -3.13. The quantitative estimate of drug-likeness (QED) is 0.507. The molecule has 8 heteroatoms. The number of rotatable bonds is 3. The first kappa shape index (κ1) is 15.8. The number of nitrogens with zero attached hydrogens (tertiary/aromatic N) is 2. The first-order chi connectivity index (χ1) is 11.5. The minimum Gasteiger partial charge on any atom is -0.507 e. The van der Waals surface area contributed by atoms with Gasteiger partial charge in [0.05, 0.1) is 15.5 Å². The number of carbonyl (C=O) groups excluding carboxylic acids is 1. The molecule has 1 aliphatic heterocycles. The van der Waals surface area contributed by atoms with Crippen molar-refractivity contribution in [2.45, 2.75) is 0 Å². The van der Waals surface area contributed by atoms with Crippen LogP contribution in [0.5, 0.6) is 5.75 Å². The summed E-state index contributed by atoms with van der Waals surface area (Å²) < 4.78 is 0. The lowest BCUT2D eigenvalue weighted by molar-refractivity contribution is -0.384. The number of amidine groups is 1. The topological polar surface area (TPSA) is 105 Å². The summed E-state index contributed by atoms with van der Waals surface area (Å²) in [6.07, 6.45) is 1.40. The van der Waals surface area contributed by atoms with E-state index >= 15 is 0 Å². The predicted molar refractivity (Wildman–Crippen MR) is 92.0 cm³/mol. The number of phenols is 1. The highest BCUT2D eigenvalue weighted by atomic mass is 32.2. The molecule has 7 nitrogen and oxygen atoms in total. The van der Waals surface area contributed by atoms with E-state index in [-0.39, 0.29) is 22.9 Å². The zero-order valence-corrected chi connectivity index (χ0v) is 13.0. The summed E-state index contributed by atoms with van der Waals surface area (Å²) in [6, 6.07) is 12.8. The van der Waals surface area contributed by atoms with Crippen LogP contribution in [-0.4, -0.2) is 21.1 Å². The lowest BCUT2D eigenvalue weighted by Gasteiger charge is -1.99. The monoisotopic (exact) mass is 341 g/mol. The lowest BCUT2D eigenvalue weighted by Crippen LogP contribution is -2.19. The highest BCUT2D eigenvalue weighted by Gasteiger charge is 2.24. The van der Waals surface area contributed by atoms with Gasteiger partial charge in [0.15, 0.2) is 5.17 Å². The summed E-state index contributed by atoms with van der Waals surface area (Å²) in [6.45, 7) is 0. The van der Waals surface area contributed by atoms with Gasteiger partial charge in [-0.15, -0.1) is 0 Å². The molecule has 1 heterocycles. The van der Waals surface area contributed by atoms with Crippen molar-refractivity contribution in [2.75, 3.05) is 0 Å². The van der Waals surface area contributed by atoms with E-state index in [1.165, 1.54) is 24.3 Å². The standard InChI is InChI=1S/C16H11N3O4S/c20-13-7-6-12(19(22)23)8-10(13)9-14-15(21)18-16(24-14)17-11-4-2-1-3-5-11/h1-9,20H,(H,17,18,21). The Kier molecular flexibility index (Phi) is 4.30. The molecule has 0 bridgehead atoms. The third-order valence-corrected chi connectivity index (χ3v) is 4.06. The fourth-order valence-corrected chi connectivity index (χ4v) is 2.85. The van der Waals surface area contributed by atoms with Crippen LogP contribution >= 0.6 is 11.8 Å². The molecular formula is C16H11N3O4S. The molecule has 0 aliphatic carbocycles. The minimum absolute atomic E-state index is 0.144. The number of hydrogen-bond acceptors (Lipinski definition) is 6. The Morgan fingerprint density at radius 1 is 1.21 bits per heavy atom. The highest BCUT2D eigenvalue weighted by Crippen LogP contribution is 2.31. The van der Waals surface area contributed by atoms with Gasteiger partial charge in [-0.25, -0.2) is 4.99 Å². The molecule has 0 radical (unpaired) electrons. The van der Waals surface area contributed by atoms with Gasteiger partial charge in [0.2, 0.25) is 0 Å². The summed E-state index contributed by atoms with van der Waals surface area (Å²) in [7, 11) is 0. The Bertz CT molecular complexity index is 878. The van der Waals surface area contributed by atoms with Crippen molar-refractivity contribution in [3.63, 3.8) is 0 Å². The molecule has 0 aromatic heterocycles. The molecule has 1 fully saturated rings. The van der Waals surface area contributed by atoms with Crippen molar-refractivity contribution in [3.05, 3.63) is 69.1 Å². The summed E-state index contributed by atoms with van der Waals surface area (Å²) in [5.41, 5.74) is 0.726. The zero-order valence-electron chi connectivity index (χ0n) is 12.2. The average Bonchev–Trinajstić information content (AvgIpc) is 2.89. The van der Waals surface area contributed by atoms with Gasteiger partial charge in [0.1, 0.15) is 5.75 Å². The zero-order chi connectivity index (χ0) is 17.1. The normalized spacial score (nSPS) is 17.2. The van der Waals surface area contributed by atoms with Crippen LogP contribution in [0.15, 0.2) is 58.4 Å². The van der Waals surface area contributed by atoms with E-state index in [1.807, 2.05) is 18.2 Å². The van der Waals surface area contributed by atoms with Crippen LogP contribution in [0.25, 0.3) is 6.08 Å². The second kappa shape index (κ2) is 6.55. The highest BCUT2D eigenvalue weighted by molar-refractivity contribution is 8.18. The molecule has 1 saturated heterocycles. The Labute approximate surface area is 140 Å². The third-order valence-electron chi connectivity index (χ3n) is 3.15. The number of phenolic OH excluding ortho intramolecular Hbond substituents is 1. The number of benzene rings is 2. The Balaban J connectivity index is 1.89. The van der Waals surface area contributed by atoms with Crippen molar-refractivity contribution < 1.29 is 14.8 Å². The van der Waals surface area contributed by atoms with Crippen molar-refractivity contribution in [1.29, 1.82) is 0 Å². The van der Waals surface area contributed by atoms with Gasteiger partial charge in [0, 0.05) is 17.7 Å². The fourth-order valence-electron chi connectivity index (χ4n) is 2.01. The first-order valence-electron chi connectivity index (χ1n) is 6.85. The molecule has 0 saturated carbocycles. The molecule has 1 aliphatic rings. The molecule has 3 rings (SSSR count). The summed E-state index contributed by atoms with van der Waals surface area (Å²) in [4.78, 5) is 26.9. The third kappa shape index (κ3) is 3.44. The maximum atomic E-state index is 12.0. The smallest absolute Gasteiger partial charge is 0.270 e.